The van der Waals surface area contributed by atoms with E-state index in [1.54, 1.807) is 0 Å². The first kappa shape index (κ1) is 12.8. The Morgan fingerprint density at radius 3 is 2.82 bits per heavy atom. The first-order valence-corrected chi connectivity index (χ1v) is 6.82. The largest absolute Gasteiger partial charge is 0.311 e. The fourth-order valence-corrected chi connectivity index (χ4v) is 2.71. The third-order valence-electron chi connectivity index (χ3n) is 3.17. The van der Waals surface area contributed by atoms with E-state index < -0.39 is 0 Å². The van der Waals surface area contributed by atoms with Crippen LogP contribution in [0.15, 0.2) is 41.4 Å². The van der Waals surface area contributed by atoms with E-state index in [-0.39, 0.29) is 0 Å². The summed E-state index contributed by atoms with van der Waals surface area (Å²) in [5, 5.41) is 3.55. The summed E-state index contributed by atoms with van der Waals surface area (Å²) in [5.41, 5.74) is 1.38. The van der Waals surface area contributed by atoms with E-state index in [4.69, 9.17) is 0 Å². The smallest absolute Gasteiger partial charge is 0.0477 e. The van der Waals surface area contributed by atoms with Gasteiger partial charge in [-0.1, -0.05) is 52.8 Å². The number of rotatable bonds is 3. The zero-order valence-corrected chi connectivity index (χ0v) is 11.8. The van der Waals surface area contributed by atoms with Crippen LogP contribution in [0.3, 0.4) is 0 Å². The van der Waals surface area contributed by atoms with Crippen LogP contribution in [0, 0.1) is 0 Å². The first-order valence-electron chi connectivity index (χ1n) is 6.02. The van der Waals surface area contributed by atoms with Gasteiger partial charge in [0.2, 0.25) is 0 Å². The third kappa shape index (κ3) is 3.41. The monoisotopic (exact) mass is 294 g/mol. The van der Waals surface area contributed by atoms with E-state index in [0.29, 0.717) is 12.1 Å². The predicted molar refractivity (Wildman–Crippen MR) is 76.3 cm³/mol. The zero-order valence-electron chi connectivity index (χ0n) is 10.2. The van der Waals surface area contributed by atoms with E-state index in [1.165, 1.54) is 5.56 Å². The Kier molecular flexibility index (Phi) is 4.37. The Morgan fingerprint density at radius 2 is 2.18 bits per heavy atom. The van der Waals surface area contributed by atoms with Crippen molar-refractivity contribution < 1.29 is 0 Å². The molecule has 92 valence electrons. The van der Waals surface area contributed by atoms with E-state index >= 15 is 0 Å². The molecule has 2 unspecified atom stereocenters. The minimum absolute atomic E-state index is 0.446. The topological polar surface area (TPSA) is 15.3 Å². The quantitative estimate of drug-likeness (QED) is 0.922. The number of nitrogens with zero attached hydrogens (tertiary/aromatic N) is 1. The zero-order chi connectivity index (χ0) is 12.3. The highest BCUT2D eigenvalue weighted by atomic mass is 79.9. The summed E-state index contributed by atoms with van der Waals surface area (Å²) in [4.78, 5) is 2.48. The molecule has 0 radical (unpaired) electrons. The van der Waals surface area contributed by atoms with Crippen LogP contribution >= 0.6 is 15.9 Å². The van der Waals surface area contributed by atoms with Crippen molar-refractivity contribution in [2.45, 2.75) is 19.0 Å². The molecule has 17 heavy (non-hydrogen) atoms. The lowest BCUT2D eigenvalue weighted by Crippen LogP contribution is -2.51. The Morgan fingerprint density at radius 1 is 1.47 bits per heavy atom. The lowest BCUT2D eigenvalue weighted by atomic mass is 10.0. The number of hydrogen-bond donors (Lipinski definition) is 1. The summed E-state index contributed by atoms with van der Waals surface area (Å²) in [6, 6.07) is 11.7. The van der Waals surface area contributed by atoms with Crippen LogP contribution in [0.2, 0.25) is 0 Å². The molecule has 0 spiro atoms. The second-order valence-electron chi connectivity index (χ2n) is 4.68. The van der Waals surface area contributed by atoms with Crippen LogP contribution in [-0.4, -0.2) is 30.6 Å². The average molecular weight is 295 g/mol. The molecule has 2 atom stereocenters. The maximum atomic E-state index is 3.96. The van der Waals surface area contributed by atoms with Crippen LogP contribution in [0.25, 0.3) is 0 Å². The molecule has 1 aromatic rings. The number of hydrogen-bond acceptors (Lipinski definition) is 2. The van der Waals surface area contributed by atoms with Gasteiger partial charge in [-0.05, 0) is 12.5 Å². The number of halogens is 1. The lowest BCUT2D eigenvalue weighted by molar-refractivity contribution is 0.151. The Bertz CT molecular complexity index is 377. The summed E-state index contributed by atoms with van der Waals surface area (Å²) >= 11 is 3.47. The molecule has 0 aliphatic carbocycles. The third-order valence-corrected chi connectivity index (χ3v) is 3.42. The molecular weight excluding hydrogens is 276 g/mol. The molecule has 1 aliphatic heterocycles. The second kappa shape index (κ2) is 5.80. The highest BCUT2D eigenvalue weighted by Crippen LogP contribution is 2.24. The maximum absolute atomic E-state index is 3.96. The van der Waals surface area contributed by atoms with Gasteiger partial charge in [-0.3, -0.25) is 4.90 Å². The normalized spacial score (nSPS) is 25.8. The van der Waals surface area contributed by atoms with Crippen LogP contribution in [0.4, 0.5) is 0 Å². The van der Waals surface area contributed by atoms with Crippen LogP contribution in [-0.2, 0) is 0 Å². The van der Waals surface area contributed by atoms with E-state index in [9.17, 15) is 0 Å². The molecule has 1 aromatic carbocycles. The summed E-state index contributed by atoms with van der Waals surface area (Å²) in [6.45, 7) is 9.16. The van der Waals surface area contributed by atoms with Crippen molar-refractivity contribution in [1.82, 2.24) is 10.2 Å². The van der Waals surface area contributed by atoms with Gasteiger partial charge >= 0.3 is 0 Å². The highest BCUT2D eigenvalue weighted by molar-refractivity contribution is 9.11. The van der Waals surface area contributed by atoms with Crippen molar-refractivity contribution in [2.75, 3.05) is 19.6 Å². The van der Waals surface area contributed by atoms with Gasteiger partial charge in [-0.15, -0.1) is 0 Å². The molecule has 3 heteroatoms. The van der Waals surface area contributed by atoms with Gasteiger partial charge in [-0.25, -0.2) is 0 Å². The fraction of sp³-hybridized carbons (Fsp3) is 0.429. The van der Waals surface area contributed by atoms with Crippen molar-refractivity contribution in [3.05, 3.63) is 47.0 Å². The van der Waals surface area contributed by atoms with Crippen molar-refractivity contribution >= 4 is 15.9 Å². The molecule has 0 aromatic heterocycles. The summed E-state index contributed by atoms with van der Waals surface area (Å²) in [6.07, 6.45) is 0. The van der Waals surface area contributed by atoms with Gasteiger partial charge in [0.15, 0.2) is 0 Å². The van der Waals surface area contributed by atoms with Gasteiger partial charge in [0, 0.05) is 36.2 Å². The molecule has 1 saturated heterocycles. The molecule has 1 heterocycles. The molecule has 2 nitrogen and oxygen atoms in total. The summed E-state index contributed by atoms with van der Waals surface area (Å²) < 4.78 is 1.05. The van der Waals surface area contributed by atoms with Crippen LogP contribution in [0.1, 0.15) is 18.5 Å². The predicted octanol–water partition coefficient (Wildman–Crippen LogP) is 2.93. The van der Waals surface area contributed by atoms with Gasteiger partial charge in [0.25, 0.3) is 0 Å². The van der Waals surface area contributed by atoms with Gasteiger partial charge < -0.3 is 5.32 Å². The SMILES string of the molecule is C=C(Br)CN1CC(C)NCC1c1ccccc1. The van der Waals surface area contributed by atoms with E-state index in [1.807, 2.05) is 0 Å². The molecular formula is C14H19BrN2. The van der Waals surface area contributed by atoms with Crippen LogP contribution < -0.4 is 5.32 Å². The highest BCUT2D eigenvalue weighted by Gasteiger charge is 2.26. The molecule has 1 aliphatic rings. The molecule has 0 saturated carbocycles. The molecule has 2 rings (SSSR count). The van der Waals surface area contributed by atoms with Crippen molar-refractivity contribution in [1.29, 1.82) is 0 Å². The number of benzene rings is 1. The van der Waals surface area contributed by atoms with Gasteiger partial charge in [-0.2, -0.15) is 0 Å². The molecule has 1 fully saturated rings. The minimum atomic E-state index is 0.446. The summed E-state index contributed by atoms with van der Waals surface area (Å²) in [5.74, 6) is 0. The maximum Gasteiger partial charge on any atom is 0.0477 e. The standard InChI is InChI=1S/C14H19BrN2/c1-11(15)9-17-10-12(2)16-8-14(17)13-6-4-3-5-7-13/h3-7,12,14,16H,1,8-10H2,2H3. The van der Waals surface area contributed by atoms with Crippen molar-refractivity contribution in [3.8, 4) is 0 Å². The Labute approximate surface area is 112 Å². The number of nitrogens with one attached hydrogen (secondary N) is 1. The van der Waals surface area contributed by atoms with Gasteiger partial charge in [0.1, 0.15) is 0 Å². The fourth-order valence-electron chi connectivity index (χ4n) is 2.38. The van der Waals surface area contributed by atoms with E-state index in [0.717, 1.165) is 24.1 Å². The molecule has 0 bridgehead atoms. The minimum Gasteiger partial charge on any atom is -0.311 e. The van der Waals surface area contributed by atoms with Gasteiger partial charge in [0.05, 0.1) is 0 Å². The Balaban J connectivity index is 2.15. The van der Waals surface area contributed by atoms with Crippen LogP contribution in [0.5, 0.6) is 0 Å². The van der Waals surface area contributed by atoms with Crippen molar-refractivity contribution in [3.63, 3.8) is 0 Å². The second-order valence-corrected chi connectivity index (χ2v) is 5.80. The lowest BCUT2D eigenvalue weighted by Gasteiger charge is -2.39. The van der Waals surface area contributed by atoms with Crippen molar-refractivity contribution in [2.24, 2.45) is 0 Å². The molecule has 1 N–H and O–H groups in total. The average Bonchev–Trinajstić information content (AvgIpc) is 2.29. The Hall–Kier alpha value is -0.640. The molecule has 0 amide bonds. The van der Waals surface area contributed by atoms with E-state index in [2.05, 4.69) is 70.0 Å². The first-order chi connectivity index (χ1) is 8.16. The number of piperazine rings is 1. The summed E-state index contributed by atoms with van der Waals surface area (Å²) in [7, 11) is 0.